The van der Waals surface area contributed by atoms with Crippen LogP contribution in [0.1, 0.15) is 29.6 Å². The standard InChI is InChI=1S/C18H24FN3O/c1-4-20-18(22-12-16-10-13(2)23-14(16)3)21-9-8-15-6-5-7-17(19)11-15/h5-7,10-11H,4,8-9,12H2,1-3H3,(H2,20,21,22). The van der Waals surface area contributed by atoms with Gasteiger partial charge in [-0.1, -0.05) is 12.1 Å². The zero-order valence-corrected chi connectivity index (χ0v) is 13.9. The average Bonchev–Trinajstić information content (AvgIpc) is 2.83. The first-order valence-electron chi connectivity index (χ1n) is 7.91. The number of aliphatic imine (C=N–C) groups is 1. The topological polar surface area (TPSA) is 49.6 Å². The molecule has 0 fully saturated rings. The van der Waals surface area contributed by atoms with Crippen molar-refractivity contribution in [2.45, 2.75) is 33.7 Å². The Bertz CT molecular complexity index is 664. The van der Waals surface area contributed by atoms with Gasteiger partial charge in [-0.25, -0.2) is 9.38 Å². The number of furan rings is 1. The Kier molecular flexibility index (Phi) is 6.20. The number of aryl methyl sites for hydroxylation is 2. The van der Waals surface area contributed by atoms with Crippen LogP contribution in [0.15, 0.2) is 39.7 Å². The zero-order chi connectivity index (χ0) is 16.7. The highest BCUT2D eigenvalue weighted by Crippen LogP contribution is 2.14. The lowest BCUT2D eigenvalue weighted by atomic mass is 10.1. The monoisotopic (exact) mass is 317 g/mol. The zero-order valence-electron chi connectivity index (χ0n) is 13.9. The Hall–Kier alpha value is -2.30. The number of nitrogens with one attached hydrogen (secondary N) is 2. The van der Waals surface area contributed by atoms with E-state index in [9.17, 15) is 4.39 Å². The quantitative estimate of drug-likeness (QED) is 0.634. The molecule has 2 aromatic rings. The normalized spacial score (nSPS) is 11.6. The lowest BCUT2D eigenvalue weighted by Gasteiger charge is -2.11. The van der Waals surface area contributed by atoms with Gasteiger partial charge >= 0.3 is 0 Å². The molecular formula is C18H24FN3O. The van der Waals surface area contributed by atoms with Gasteiger partial charge in [-0.2, -0.15) is 0 Å². The molecule has 2 N–H and O–H groups in total. The fourth-order valence-corrected chi connectivity index (χ4v) is 2.36. The van der Waals surface area contributed by atoms with Crippen LogP contribution in [0, 0.1) is 19.7 Å². The lowest BCUT2D eigenvalue weighted by Crippen LogP contribution is -2.38. The molecule has 0 aliphatic carbocycles. The third-order valence-electron chi connectivity index (χ3n) is 3.49. The molecular weight excluding hydrogens is 293 g/mol. The summed E-state index contributed by atoms with van der Waals surface area (Å²) in [4.78, 5) is 4.57. The summed E-state index contributed by atoms with van der Waals surface area (Å²) in [6.45, 7) is 7.95. The highest BCUT2D eigenvalue weighted by Gasteiger charge is 2.04. The molecule has 2 rings (SSSR count). The van der Waals surface area contributed by atoms with E-state index in [0.29, 0.717) is 13.1 Å². The molecule has 0 saturated carbocycles. The van der Waals surface area contributed by atoms with Gasteiger partial charge in [0, 0.05) is 18.7 Å². The summed E-state index contributed by atoms with van der Waals surface area (Å²) < 4.78 is 18.7. The molecule has 5 heteroatoms. The van der Waals surface area contributed by atoms with Gasteiger partial charge in [0.05, 0.1) is 6.54 Å². The molecule has 0 saturated heterocycles. The number of halogens is 1. The molecule has 23 heavy (non-hydrogen) atoms. The van der Waals surface area contributed by atoms with Crippen molar-refractivity contribution in [3.63, 3.8) is 0 Å². The summed E-state index contributed by atoms with van der Waals surface area (Å²) in [7, 11) is 0. The second kappa shape index (κ2) is 8.36. The first kappa shape index (κ1) is 17.1. The Morgan fingerprint density at radius 3 is 2.70 bits per heavy atom. The molecule has 0 aliphatic heterocycles. The molecule has 0 spiro atoms. The number of rotatable bonds is 6. The molecule has 4 nitrogen and oxygen atoms in total. The van der Waals surface area contributed by atoms with E-state index in [-0.39, 0.29) is 5.82 Å². The van der Waals surface area contributed by atoms with Crippen LogP contribution in [-0.2, 0) is 13.0 Å². The maximum absolute atomic E-state index is 13.2. The van der Waals surface area contributed by atoms with Gasteiger partial charge in [0.2, 0.25) is 0 Å². The molecule has 0 unspecified atom stereocenters. The van der Waals surface area contributed by atoms with Gasteiger partial charge in [0.15, 0.2) is 5.96 Å². The molecule has 0 radical (unpaired) electrons. The highest BCUT2D eigenvalue weighted by atomic mass is 19.1. The summed E-state index contributed by atoms with van der Waals surface area (Å²) >= 11 is 0. The number of benzene rings is 1. The van der Waals surface area contributed by atoms with Crippen molar-refractivity contribution < 1.29 is 8.81 Å². The minimum atomic E-state index is -0.200. The van der Waals surface area contributed by atoms with Crippen molar-refractivity contribution in [3.8, 4) is 0 Å². The van der Waals surface area contributed by atoms with E-state index >= 15 is 0 Å². The van der Waals surface area contributed by atoms with Crippen LogP contribution < -0.4 is 10.6 Å². The number of hydrogen-bond acceptors (Lipinski definition) is 2. The third kappa shape index (κ3) is 5.43. The smallest absolute Gasteiger partial charge is 0.191 e. The summed E-state index contributed by atoms with van der Waals surface area (Å²) in [6.07, 6.45) is 0.742. The van der Waals surface area contributed by atoms with Crippen molar-refractivity contribution in [1.82, 2.24) is 10.6 Å². The highest BCUT2D eigenvalue weighted by molar-refractivity contribution is 5.79. The predicted molar refractivity (Wildman–Crippen MR) is 91.1 cm³/mol. The van der Waals surface area contributed by atoms with E-state index in [1.165, 1.54) is 6.07 Å². The first-order valence-corrected chi connectivity index (χ1v) is 7.91. The van der Waals surface area contributed by atoms with Crippen molar-refractivity contribution in [2.24, 2.45) is 4.99 Å². The van der Waals surface area contributed by atoms with E-state index in [1.807, 2.05) is 32.9 Å². The van der Waals surface area contributed by atoms with E-state index in [2.05, 4.69) is 15.6 Å². The minimum absolute atomic E-state index is 0.200. The van der Waals surface area contributed by atoms with E-state index in [4.69, 9.17) is 4.42 Å². The number of guanidine groups is 1. The molecule has 1 heterocycles. The molecule has 1 aromatic carbocycles. The van der Waals surface area contributed by atoms with Crippen molar-refractivity contribution in [2.75, 3.05) is 13.1 Å². The molecule has 1 aromatic heterocycles. The van der Waals surface area contributed by atoms with Gasteiger partial charge in [-0.05, 0) is 51.0 Å². The summed E-state index contributed by atoms with van der Waals surface area (Å²) in [5.41, 5.74) is 2.06. The lowest BCUT2D eigenvalue weighted by molar-refractivity contribution is 0.501. The van der Waals surface area contributed by atoms with E-state index < -0.39 is 0 Å². The van der Waals surface area contributed by atoms with Gasteiger partial charge in [-0.15, -0.1) is 0 Å². The minimum Gasteiger partial charge on any atom is -0.466 e. The third-order valence-corrected chi connectivity index (χ3v) is 3.49. The maximum Gasteiger partial charge on any atom is 0.191 e. The molecule has 0 atom stereocenters. The van der Waals surface area contributed by atoms with Crippen LogP contribution in [0.5, 0.6) is 0 Å². The number of hydrogen-bond donors (Lipinski definition) is 2. The Morgan fingerprint density at radius 1 is 1.22 bits per heavy atom. The Labute approximate surface area is 136 Å². The van der Waals surface area contributed by atoms with Gasteiger partial charge in [0.1, 0.15) is 17.3 Å². The van der Waals surface area contributed by atoms with Gasteiger partial charge < -0.3 is 15.1 Å². The second-order valence-electron chi connectivity index (χ2n) is 5.44. The molecule has 0 amide bonds. The molecule has 0 bridgehead atoms. The van der Waals surface area contributed by atoms with Crippen LogP contribution in [0.3, 0.4) is 0 Å². The molecule has 0 aliphatic rings. The van der Waals surface area contributed by atoms with E-state index in [1.54, 1.807) is 12.1 Å². The second-order valence-corrected chi connectivity index (χ2v) is 5.44. The Balaban J connectivity index is 1.90. The average molecular weight is 317 g/mol. The van der Waals surface area contributed by atoms with Crippen molar-refractivity contribution in [1.29, 1.82) is 0 Å². The van der Waals surface area contributed by atoms with E-state index in [0.717, 1.165) is 41.6 Å². The van der Waals surface area contributed by atoms with Crippen LogP contribution in [0.4, 0.5) is 4.39 Å². The SMILES string of the molecule is CCNC(=NCc1cc(C)oc1C)NCCc1cccc(F)c1. The largest absolute Gasteiger partial charge is 0.466 e. The number of nitrogens with zero attached hydrogens (tertiary/aromatic N) is 1. The van der Waals surface area contributed by atoms with Gasteiger partial charge in [0.25, 0.3) is 0 Å². The fourth-order valence-electron chi connectivity index (χ4n) is 2.36. The van der Waals surface area contributed by atoms with Crippen LogP contribution in [0.25, 0.3) is 0 Å². The summed E-state index contributed by atoms with van der Waals surface area (Å²) in [5.74, 6) is 2.36. The van der Waals surface area contributed by atoms with Crippen LogP contribution >= 0.6 is 0 Å². The molecule has 124 valence electrons. The summed E-state index contributed by atoms with van der Waals surface area (Å²) in [6, 6.07) is 8.68. The predicted octanol–water partition coefficient (Wildman–Crippen LogP) is 3.33. The van der Waals surface area contributed by atoms with Crippen molar-refractivity contribution >= 4 is 5.96 Å². The summed E-state index contributed by atoms with van der Waals surface area (Å²) in [5, 5.41) is 6.48. The Morgan fingerprint density at radius 2 is 2.04 bits per heavy atom. The van der Waals surface area contributed by atoms with Crippen LogP contribution in [-0.4, -0.2) is 19.0 Å². The van der Waals surface area contributed by atoms with Crippen molar-refractivity contribution in [3.05, 3.63) is 58.8 Å². The fraction of sp³-hybridized carbons (Fsp3) is 0.389. The first-order chi connectivity index (χ1) is 11.1. The van der Waals surface area contributed by atoms with Gasteiger partial charge in [-0.3, -0.25) is 0 Å². The van der Waals surface area contributed by atoms with Crippen LogP contribution in [0.2, 0.25) is 0 Å². The maximum atomic E-state index is 13.2.